The van der Waals surface area contributed by atoms with Gasteiger partial charge < -0.3 is 14.8 Å². The molecule has 1 unspecified atom stereocenters. The maximum absolute atomic E-state index is 13.5. The molecule has 132 valence electrons. The molecule has 0 spiro atoms. The van der Waals surface area contributed by atoms with Gasteiger partial charge in [-0.05, 0) is 43.3 Å². The van der Waals surface area contributed by atoms with Crippen LogP contribution in [0.5, 0.6) is 5.75 Å². The summed E-state index contributed by atoms with van der Waals surface area (Å²) in [5.41, 5.74) is 0.0102. The molecule has 5 nitrogen and oxygen atoms in total. The fourth-order valence-corrected chi connectivity index (χ4v) is 1.85. The molecule has 0 saturated carbocycles. The van der Waals surface area contributed by atoms with E-state index in [9.17, 15) is 22.8 Å². The maximum Gasteiger partial charge on any atom is 0.387 e. The summed E-state index contributed by atoms with van der Waals surface area (Å²) >= 11 is 0. The van der Waals surface area contributed by atoms with E-state index >= 15 is 0 Å². The van der Waals surface area contributed by atoms with Crippen LogP contribution in [0.2, 0.25) is 0 Å². The quantitative estimate of drug-likeness (QED) is 0.806. The third kappa shape index (κ3) is 5.23. The van der Waals surface area contributed by atoms with Gasteiger partial charge in [0.2, 0.25) is 0 Å². The molecule has 25 heavy (non-hydrogen) atoms. The minimum Gasteiger partial charge on any atom is -0.449 e. The standard InChI is InChI=1S/C17H14F3NO4/c1-10(15(22)21-14-5-3-2-4-13(14)18)24-16(23)11-6-8-12(9-7-11)25-17(19)20/h2-10,17H,1H3,(H,21,22). The first-order valence-corrected chi connectivity index (χ1v) is 7.18. The maximum atomic E-state index is 13.5. The van der Waals surface area contributed by atoms with Crippen molar-refractivity contribution < 1.29 is 32.2 Å². The summed E-state index contributed by atoms with van der Waals surface area (Å²) in [4.78, 5) is 23.9. The predicted molar refractivity (Wildman–Crippen MR) is 83.0 cm³/mol. The number of hydrogen-bond acceptors (Lipinski definition) is 4. The molecule has 0 bridgehead atoms. The van der Waals surface area contributed by atoms with E-state index in [4.69, 9.17) is 4.74 Å². The van der Waals surface area contributed by atoms with E-state index in [1.54, 1.807) is 6.07 Å². The lowest BCUT2D eigenvalue weighted by atomic mass is 10.2. The Morgan fingerprint density at radius 3 is 2.28 bits per heavy atom. The van der Waals surface area contributed by atoms with E-state index < -0.39 is 30.4 Å². The van der Waals surface area contributed by atoms with Gasteiger partial charge in [-0.3, -0.25) is 4.79 Å². The number of carbonyl (C=O) groups excluding carboxylic acids is 2. The van der Waals surface area contributed by atoms with Crippen molar-refractivity contribution in [1.82, 2.24) is 0 Å². The second-order valence-electron chi connectivity index (χ2n) is 4.92. The van der Waals surface area contributed by atoms with Gasteiger partial charge in [0.15, 0.2) is 6.10 Å². The molecule has 1 N–H and O–H groups in total. The van der Waals surface area contributed by atoms with Crippen LogP contribution in [0.25, 0.3) is 0 Å². The number of esters is 1. The molecule has 0 fully saturated rings. The highest BCUT2D eigenvalue weighted by Crippen LogP contribution is 2.17. The van der Waals surface area contributed by atoms with Gasteiger partial charge in [-0.25, -0.2) is 9.18 Å². The molecular formula is C17H14F3NO4. The van der Waals surface area contributed by atoms with Crippen molar-refractivity contribution in [2.75, 3.05) is 5.32 Å². The highest BCUT2D eigenvalue weighted by atomic mass is 19.3. The molecule has 2 rings (SSSR count). The van der Waals surface area contributed by atoms with Crippen molar-refractivity contribution in [3.05, 3.63) is 59.9 Å². The van der Waals surface area contributed by atoms with Crippen LogP contribution in [-0.4, -0.2) is 24.6 Å². The normalized spacial score (nSPS) is 11.7. The monoisotopic (exact) mass is 353 g/mol. The highest BCUT2D eigenvalue weighted by molar-refractivity contribution is 5.97. The number of halogens is 3. The van der Waals surface area contributed by atoms with E-state index in [1.165, 1.54) is 49.4 Å². The number of anilines is 1. The number of para-hydroxylation sites is 1. The number of alkyl halides is 2. The van der Waals surface area contributed by atoms with Crippen LogP contribution < -0.4 is 10.1 Å². The van der Waals surface area contributed by atoms with Gasteiger partial charge in [-0.15, -0.1) is 0 Å². The Bertz CT molecular complexity index is 750. The molecule has 1 atom stereocenters. The van der Waals surface area contributed by atoms with Gasteiger partial charge in [0.25, 0.3) is 5.91 Å². The first-order chi connectivity index (χ1) is 11.9. The minimum atomic E-state index is -2.97. The molecular weight excluding hydrogens is 339 g/mol. The topological polar surface area (TPSA) is 64.6 Å². The van der Waals surface area contributed by atoms with Crippen LogP contribution >= 0.6 is 0 Å². The average molecular weight is 353 g/mol. The Labute approximate surface area is 141 Å². The van der Waals surface area contributed by atoms with Crippen molar-refractivity contribution in [2.24, 2.45) is 0 Å². The van der Waals surface area contributed by atoms with Crippen LogP contribution in [0, 0.1) is 5.82 Å². The van der Waals surface area contributed by atoms with E-state index in [0.29, 0.717) is 0 Å². The smallest absolute Gasteiger partial charge is 0.387 e. The third-order valence-electron chi connectivity index (χ3n) is 3.10. The molecule has 0 aliphatic rings. The number of ether oxygens (including phenoxy) is 2. The Balaban J connectivity index is 1.95. The number of amides is 1. The number of benzene rings is 2. The highest BCUT2D eigenvalue weighted by Gasteiger charge is 2.20. The molecule has 2 aromatic rings. The van der Waals surface area contributed by atoms with Gasteiger partial charge >= 0.3 is 12.6 Å². The van der Waals surface area contributed by atoms with Crippen molar-refractivity contribution in [1.29, 1.82) is 0 Å². The lowest BCUT2D eigenvalue weighted by Crippen LogP contribution is -2.30. The van der Waals surface area contributed by atoms with Gasteiger partial charge in [0, 0.05) is 0 Å². The molecule has 0 aromatic heterocycles. The van der Waals surface area contributed by atoms with E-state index in [2.05, 4.69) is 10.1 Å². The molecule has 0 aliphatic carbocycles. The first-order valence-electron chi connectivity index (χ1n) is 7.18. The van der Waals surface area contributed by atoms with Crippen molar-refractivity contribution in [3.8, 4) is 5.75 Å². The second kappa shape index (κ2) is 8.18. The number of rotatable bonds is 6. The van der Waals surface area contributed by atoms with Crippen LogP contribution in [0.3, 0.4) is 0 Å². The zero-order chi connectivity index (χ0) is 18.4. The fourth-order valence-electron chi connectivity index (χ4n) is 1.85. The zero-order valence-electron chi connectivity index (χ0n) is 13.0. The molecule has 2 aromatic carbocycles. The third-order valence-corrected chi connectivity index (χ3v) is 3.10. The summed E-state index contributed by atoms with van der Waals surface area (Å²) in [6.45, 7) is -1.65. The molecule has 0 radical (unpaired) electrons. The second-order valence-corrected chi connectivity index (χ2v) is 4.92. The van der Waals surface area contributed by atoms with Crippen LogP contribution in [0.15, 0.2) is 48.5 Å². The van der Waals surface area contributed by atoms with E-state index in [-0.39, 0.29) is 17.0 Å². The van der Waals surface area contributed by atoms with Crippen molar-refractivity contribution in [3.63, 3.8) is 0 Å². The number of nitrogens with one attached hydrogen (secondary N) is 1. The summed E-state index contributed by atoms with van der Waals surface area (Å²) in [6.07, 6.45) is -1.19. The Hall–Kier alpha value is -3.03. The Kier molecular flexibility index (Phi) is 5.99. The molecule has 1 amide bonds. The summed E-state index contributed by atoms with van der Waals surface area (Å²) in [5.74, 6) is -2.28. The first kappa shape index (κ1) is 18.3. The lowest BCUT2D eigenvalue weighted by Gasteiger charge is -2.14. The molecule has 0 heterocycles. The number of carbonyl (C=O) groups is 2. The molecule has 0 aliphatic heterocycles. The van der Waals surface area contributed by atoms with E-state index in [0.717, 1.165) is 0 Å². The lowest BCUT2D eigenvalue weighted by molar-refractivity contribution is -0.123. The van der Waals surface area contributed by atoms with Gasteiger partial charge in [0.1, 0.15) is 11.6 Å². The Morgan fingerprint density at radius 2 is 1.68 bits per heavy atom. The van der Waals surface area contributed by atoms with Crippen LogP contribution in [0.1, 0.15) is 17.3 Å². The SMILES string of the molecule is CC(OC(=O)c1ccc(OC(F)F)cc1)C(=O)Nc1ccccc1F. The van der Waals surface area contributed by atoms with E-state index in [1.807, 2.05) is 0 Å². The van der Waals surface area contributed by atoms with Crippen LogP contribution in [-0.2, 0) is 9.53 Å². The number of hydrogen-bond donors (Lipinski definition) is 1. The summed E-state index contributed by atoms with van der Waals surface area (Å²) in [5, 5.41) is 2.30. The summed E-state index contributed by atoms with van der Waals surface area (Å²) < 4.78 is 46.7. The zero-order valence-corrected chi connectivity index (χ0v) is 13.0. The predicted octanol–water partition coefficient (Wildman–Crippen LogP) is 3.61. The Morgan fingerprint density at radius 1 is 1.04 bits per heavy atom. The molecule has 0 saturated heterocycles. The van der Waals surface area contributed by atoms with Crippen molar-refractivity contribution >= 4 is 17.6 Å². The largest absolute Gasteiger partial charge is 0.449 e. The molecule has 8 heteroatoms. The summed E-state index contributed by atoms with van der Waals surface area (Å²) in [7, 11) is 0. The van der Waals surface area contributed by atoms with Crippen LogP contribution in [0.4, 0.5) is 18.9 Å². The fraction of sp³-hybridized carbons (Fsp3) is 0.176. The van der Waals surface area contributed by atoms with Gasteiger partial charge in [-0.2, -0.15) is 8.78 Å². The van der Waals surface area contributed by atoms with Gasteiger partial charge in [0.05, 0.1) is 11.3 Å². The van der Waals surface area contributed by atoms with Crippen molar-refractivity contribution in [2.45, 2.75) is 19.6 Å². The minimum absolute atomic E-state index is 0.0381. The summed E-state index contributed by atoms with van der Waals surface area (Å²) in [6, 6.07) is 10.3. The average Bonchev–Trinajstić information content (AvgIpc) is 2.56. The van der Waals surface area contributed by atoms with Gasteiger partial charge in [-0.1, -0.05) is 12.1 Å².